The van der Waals surface area contributed by atoms with Crippen LogP contribution in [0.3, 0.4) is 0 Å². The molecule has 0 bridgehead atoms. The lowest BCUT2D eigenvalue weighted by molar-refractivity contribution is 0.475. The Hall–Kier alpha value is -5.54. The molecule has 0 amide bonds. The van der Waals surface area contributed by atoms with Gasteiger partial charge in [-0.2, -0.15) is 0 Å². The Morgan fingerprint density at radius 2 is 0.878 bits per heavy atom. The van der Waals surface area contributed by atoms with Gasteiger partial charge in [-0.25, -0.2) is 0 Å². The lowest BCUT2D eigenvalue weighted by atomic mass is 9.94. The van der Waals surface area contributed by atoms with Gasteiger partial charge in [-0.3, -0.25) is 0 Å². The maximum Gasteiger partial charge on any atom is 0.116 e. The zero-order valence-electron chi connectivity index (χ0n) is 22.4. The van der Waals surface area contributed by atoms with E-state index in [-0.39, 0.29) is 11.5 Å². The number of para-hydroxylation sites is 2. The highest BCUT2D eigenvalue weighted by molar-refractivity contribution is 5.92. The molecule has 0 aliphatic rings. The van der Waals surface area contributed by atoms with Crippen LogP contribution in [-0.4, -0.2) is 10.2 Å². The number of benzene rings is 6. The van der Waals surface area contributed by atoms with Gasteiger partial charge in [0.25, 0.3) is 0 Å². The third kappa shape index (κ3) is 5.90. The number of anilines is 3. The predicted octanol–water partition coefficient (Wildman–Crippen LogP) is 9.82. The third-order valence-electron chi connectivity index (χ3n) is 7.02. The number of phenols is 2. The molecular formula is C38H29NO2. The van der Waals surface area contributed by atoms with Crippen LogP contribution in [0.15, 0.2) is 158 Å². The molecule has 6 aromatic carbocycles. The van der Waals surface area contributed by atoms with Crippen molar-refractivity contribution >= 4 is 28.7 Å². The highest BCUT2D eigenvalue weighted by atomic mass is 16.3. The molecular weight excluding hydrogens is 502 g/mol. The summed E-state index contributed by atoms with van der Waals surface area (Å²) in [5.41, 5.74) is 9.24. The van der Waals surface area contributed by atoms with E-state index in [9.17, 15) is 10.2 Å². The molecule has 0 radical (unpaired) electrons. The molecule has 3 nitrogen and oxygen atoms in total. The first-order valence-corrected chi connectivity index (χ1v) is 13.6. The van der Waals surface area contributed by atoms with Gasteiger partial charge in [-0.1, -0.05) is 97.1 Å². The number of nitrogens with zero attached hydrogens (tertiary/aromatic N) is 1. The molecule has 3 heteroatoms. The monoisotopic (exact) mass is 531 g/mol. The molecule has 0 saturated carbocycles. The Morgan fingerprint density at radius 3 is 1.34 bits per heavy atom. The van der Waals surface area contributed by atoms with Gasteiger partial charge in [0.1, 0.15) is 11.5 Å². The second-order valence-corrected chi connectivity index (χ2v) is 9.83. The molecule has 0 unspecified atom stereocenters. The summed E-state index contributed by atoms with van der Waals surface area (Å²) in [6, 6.07) is 52.2. The van der Waals surface area contributed by atoms with Crippen LogP contribution in [0.2, 0.25) is 0 Å². The largest absolute Gasteiger partial charge is 0.508 e. The zero-order valence-corrected chi connectivity index (χ0v) is 22.4. The van der Waals surface area contributed by atoms with Crippen molar-refractivity contribution in [1.82, 2.24) is 0 Å². The van der Waals surface area contributed by atoms with Crippen LogP contribution in [0.25, 0.3) is 22.8 Å². The average molecular weight is 532 g/mol. The molecule has 0 spiro atoms. The number of rotatable bonds is 7. The molecule has 198 valence electrons. The molecule has 6 aromatic rings. The van der Waals surface area contributed by atoms with Crippen LogP contribution < -0.4 is 4.90 Å². The van der Waals surface area contributed by atoms with E-state index < -0.39 is 0 Å². The first kappa shape index (κ1) is 25.7. The van der Waals surface area contributed by atoms with E-state index in [0.29, 0.717) is 0 Å². The number of aromatic hydroxyl groups is 2. The average Bonchev–Trinajstić information content (AvgIpc) is 3.02. The van der Waals surface area contributed by atoms with Crippen LogP contribution in [0, 0.1) is 0 Å². The molecule has 0 heterocycles. The maximum atomic E-state index is 10.1. The fraction of sp³-hybridized carbons (Fsp3) is 0. The Labute approximate surface area is 240 Å². The van der Waals surface area contributed by atoms with E-state index >= 15 is 0 Å². The van der Waals surface area contributed by atoms with E-state index in [1.807, 2.05) is 36.4 Å². The highest BCUT2D eigenvalue weighted by Crippen LogP contribution is 2.36. The molecule has 2 N–H and O–H groups in total. The van der Waals surface area contributed by atoms with E-state index in [4.69, 9.17) is 0 Å². The second-order valence-electron chi connectivity index (χ2n) is 9.83. The summed E-state index contributed by atoms with van der Waals surface area (Å²) in [6.07, 6.45) is 2.08. The van der Waals surface area contributed by atoms with Crippen LogP contribution >= 0.6 is 0 Å². The van der Waals surface area contributed by atoms with Crippen molar-refractivity contribution in [2.45, 2.75) is 0 Å². The molecule has 0 aliphatic heterocycles. The van der Waals surface area contributed by atoms with E-state index in [0.717, 1.165) is 50.5 Å². The van der Waals surface area contributed by atoms with E-state index in [1.54, 1.807) is 24.3 Å². The van der Waals surface area contributed by atoms with Crippen molar-refractivity contribution in [3.63, 3.8) is 0 Å². The molecule has 0 atom stereocenters. The van der Waals surface area contributed by atoms with Crippen LogP contribution in [0.4, 0.5) is 17.1 Å². The molecule has 0 saturated heterocycles. The topological polar surface area (TPSA) is 43.7 Å². The van der Waals surface area contributed by atoms with Crippen molar-refractivity contribution < 1.29 is 10.2 Å². The Bertz CT molecular complexity index is 1690. The Kier molecular flexibility index (Phi) is 7.33. The van der Waals surface area contributed by atoms with Gasteiger partial charge >= 0.3 is 0 Å². The standard InChI is InChI=1S/C38H29NO2/c40-36-15-7-9-31(26-36)38(32-10-8-16-37(41)27-32)25-28-17-19-29(20-18-28)30-21-23-35(24-22-30)39(33-11-3-1-4-12-33)34-13-5-2-6-14-34/h1-27,40-41H. The number of hydrogen-bond acceptors (Lipinski definition) is 3. The van der Waals surface area contributed by atoms with Gasteiger partial charge in [0, 0.05) is 17.1 Å². The second kappa shape index (κ2) is 11.7. The van der Waals surface area contributed by atoms with Gasteiger partial charge in [-0.05, 0) is 100 Å². The number of hydrogen-bond donors (Lipinski definition) is 2. The van der Waals surface area contributed by atoms with Crippen molar-refractivity contribution in [3.05, 3.63) is 174 Å². The van der Waals surface area contributed by atoms with Gasteiger partial charge in [-0.15, -0.1) is 0 Å². The quantitative estimate of drug-likeness (QED) is 0.202. The first-order valence-electron chi connectivity index (χ1n) is 13.6. The smallest absolute Gasteiger partial charge is 0.116 e. The minimum absolute atomic E-state index is 0.199. The summed E-state index contributed by atoms with van der Waals surface area (Å²) in [6.45, 7) is 0. The number of phenolic OH excluding ortho intramolecular Hbond substituents is 2. The third-order valence-corrected chi connectivity index (χ3v) is 7.02. The highest BCUT2D eigenvalue weighted by Gasteiger charge is 2.12. The van der Waals surface area contributed by atoms with Crippen LogP contribution in [0.1, 0.15) is 16.7 Å². The molecule has 0 aromatic heterocycles. The van der Waals surface area contributed by atoms with Crippen molar-refractivity contribution in [2.24, 2.45) is 0 Å². The Morgan fingerprint density at radius 1 is 0.439 bits per heavy atom. The summed E-state index contributed by atoms with van der Waals surface area (Å²) in [4.78, 5) is 2.25. The summed E-state index contributed by atoms with van der Waals surface area (Å²) in [5, 5.41) is 20.2. The summed E-state index contributed by atoms with van der Waals surface area (Å²) in [5.74, 6) is 0.399. The first-order chi connectivity index (χ1) is 20.1. The van der Waals surface area contributed by atoms with Crippen molar-refractivity contribution in [2.75, 3.05) is 4.90 Å². The van der Waals surface area contributed by atoms with Gasteiger partial charge < -0.3 is 15.1 Å². The van der Waals surface area contributed by atoms with E-state index in [2.05, 4.69) is 108 Å². The fourth-order valence-corrected chi connectivity index (χ4v) is 5.02. The van der Waals surface area contributed by atoms with Gasteiger partial charge in [0.15, 0.2) is 0 Å². The van der Waals surface area contributed by atoms with Crippen LogP contribution in [-0.2, 0) is 0 Å². The minimum Gasteiger partial charge on any atom is -0.508 e. The summed E-state index contributed by atoms with van der Waals surface area (Å²) in [7, 11) is 0. The predicted molar refractivity (Wildman–Crippen MR) is 170 cm³/mol. The Balaban J connectivity index is 1.31. The molecule has 0 aliphatic carbocycles. The SMILES string of the molecule is Oc1cccc(C(=Cc2ccc(-c3ccc(N(c4ccccc4)c4ccccc4)cc3)cc2)c2cccc(O)c2)c1. The normalized spacial score (nSPS) is 10.6. The lowest BCUT2D eigenvalue weighted by Crippen LogP contribution is -2.09. The summed E-state index contributed by atoms with van der Waals surface area (Å²) >= 11 is 0. The molecule has 6 rings (SSSR count). The minimum atomic E-state index is 0.199. The van der Waals surface area contributed by atoms with Gasteiger partial charge in [0.2, 0.25) is 0 Å². The van der Waals surface area contributed by atoms with Crippen molar-refractivity contribution in [1.29, 1.82) is 0 Å². The molecule has 41 heavy (non-hydrogen) atoms. The maximum absolute atomic E-state index is 10.1. The fourth-order valence-electron chi connectivity index (χ4n) is 5.02. The lowest BCUT2D eigenvalue weighted by Gasteiger charge is -2.25. The van der Waals surface area contributed by atoms with E-state index in [1.165, 1.54) is 0 Å². The zero-order chi connectivity index (χ0) is 28.0. The van der Waals surface area contributed by atoms with Crippen LogP contribution in [0.5, 0.6) is 11.5 Å². The van der Waals surface area contributed by atoms with Gasteiger partial charge in [0.05, 0.1) is 0 Å². The molecule has 0 fully saturated rings. The van der Waals surface area contributed by atoms with Crippen molar-refractivity contribution in [3.8, 4) is 22.6 Å². The summed E-state index contributed by atoms with van der Waals surface area (Å²) < 4.78 is 0.